The molecular weight excluding hydrogens is 426 g/mol. The third kappa shape index (κ3) is 4.13. The molecule has 5 N–H and O–H groups in total. The summed E-state index contributed by atoms with van der Waals surface area (Å²) in [6, 6.07) is 18.2. The lowest BCUT2D eigenvalue weighted by Gasteiger charge is -2.19. The van der Waals surface area contributed by atoms with E-state index in [1.165, 1.54) is 11.9 Å². The van der Waals surface area contributed by atoms with Crippen LogP contribution >= 0.6 is 0 Å². The number of hydrogen-bond acceptors (Lipinski definition) is 6. The number of anilines is 1. The van der Waals surface area contributed by atoms with Crippen LogP contribution in [0.1, 0.15) is 38.3 Å². The Kier molecular flexibility index (Phi) is 5.55. The molecule has 0 radical (unpaired) electrons. The number of H-pyrrole nitrogens is 1. The number of hydrogen-bond donors (Lipinski definition) is 4. The van der Waals surface area contributed by atoms with Crippen molar-refractivity contribution in [2.75, 3.05) is 12.3 Å². The van der Waals surface area contributed by atoms with Crippen molar-refractivity contribution in [3.8, 4) is 11.3 Å². The molecule has 34 heavy (non-hydrogen) atoms. The second-order valence-corrected chi connectivity index (χ2v) is 9.51. The molecule has 3 aromatic heterocycles. The Bertz CT molecular complexity index is 1450. The first-order chi connectivity index (χ1) is 16.3. The fourth-order valence-corrected chi connectivity index (χ4v) is 4.20. The number of aliphatic hydroxyl groups excluding tert-OH is 1. The number of aromatic nitrogens is 5. The van der Waals surface area contributed by atoms with Crippen LogP contribution in [0.2, 0.25) is 0 Å². The van der Waals surface area contributed by atoms with Gasteiger partial charge in [0.2, 0.25) is 0 Å². The number of fused-ring (bicyclic) bond motifs is 2. The van der Waals surface area contributed by atoms with Gasteiger partial charge in [-0.25, -0.2) is 14.6 Å². The fourth-order valence-electron chi connectivity index (χ4n) is 4.20. The highest BCUT2D eigenvalue weighted by molar-refractivity contribution is 6.00. The van der Waals surface area contributed by atoms with Gasteiger partial charge in [-0.3, -0.25) is 5.32 Å². The third-order valence-corrected chi connectivity index (χ3v) is 5.93. The van der Waals surface area contributed by atoms with Crippen molar-refractivity contribution < 1.29 is 5.11 Å². The molecule has 0 saturated carbocycles. The maximum atomic E-state index is 10.7. The lowest BCUT2D eigenvalue weighted by Crippen LogP contribution is -2.23. The molecule has 0 saturated heterocycles. The van der Waals surface area contributed by atoms with Crippen LogP contribution in [-0.2, 0) is 12.0 Å². The van der Waals surface area contributed by atoms with Crippen molar-refractivity contribution in [1.82, 2.24) is 30.0 Å². The van der Waals surface area contributed by atoms with Crippen LogP contribution < -0.4 is 11.1 Å². The van der Waals surface area contributed by atoms with Gasteiger partial charge in [-0.05, 0) is 50.3 Å². The molecule has 8 nitrogen and oxygen atoms in total. The number of aromatic amines is 1. The number of nitrogens with zero attached hydrogens (tertiary/aromatic N) is 4. The highest BCUT2D eigenvalue weighted by atomic mass is 16.3. The Morgan fingerprint density at radius 1 is 1.09 bits per heavy atom. The summed E-state index contributed by atoms with van der Waals surface area (Å²) in [7, 11) is 0. The van der Waals surface area contributed by atoms with Gasteiger partial charge in [-0.1, -0.05) is 42.5 Å². The van der Waals surface area contributed by atoms with E-state index in [4.69, 9.17) is 10.8 Å². The molecule has 5 rings (SSSR count). The summed E-state index contributed by atoms with van der Waals surface area (Å²) in [5, 5.41) is 20.5. The zero-order chi connectivity index (χ0) is 23.9. The number of rotatable bonds is 6. The van der Waals surface area contributed by atoms with Crippen molar-refractivity contribution in [2.24, 2.45) is 0 Å². The van der Waals surface area contributed by atoms with Crippen LogP contribution in [0.15, 0.2) is 60.9 Å². The number of nitrogens with two attached hydrogens (primary N) is 1. The summed E-state index contributed by atoms with van der Waals surface area (Å²) in [6.07, 6.45) is 1.53. The van der Waals surface area contributed by atoms with Crippen molar-refractivity contribution >= 4 is 27.8 Å². The van der Waals surface area contributed by atoms with E-state index in [2.05, 4.69) is 53.2 Å². The molecule has 3 heterocycles. The molecule has 1 atom stereocenters. The standard InChI is InChI=1S/C26H29N7O/c1-26(2,3)33-24-21(23(27)29-15-30-24)22(32-33)18-10-9-17-13-20(31-19(17)14-18)25(34)28-12-11-16-7-5-4-6-8-16/h4-10,13-15,25,28,31,34H,11-12H2,1-3H3,(H2,27,29,30). The van der Waals surface area contributed by atoms with E-state index in [0.717, 1.165) is 34.0 Å². The van der Waals surface area contributed by atoms with Crippen molar-refractivity contribution in [3.05, 3.63) is 72.2 Å². The number of nitrogens with one attached hydrogen (secondary N) is 2. The van der Waals surface area contributed by atoms with Gasteiger partial charge in [-0.15, -0.1) is 0 Å². The SMILES string of the molecule is CC(C)(C)n1nc(-c2ccc3cc(C(O)NCCc4ccccc4)[nH]c3c2)c2c(N)ncnc21. The normalized spacial score (nSPS) is 13.1. The molecule has 0 spiro atoms. The molecule has 8 heteroatoms. The van der Waals surface area contributed by atoms with E-state index in [1.54, 1.807) is 0 Å². The maximum absolute atomic E-state index is 10.7. The minimum Gasteiger partial charge on any atom is -0.383 e. The second-order valence-electron chi connectivity index (χ2n) is 9.51. The zero-order valence-electron chi connectivity index (χ0n) is 19.6. The highest BCUT2D eigenvalue weighted by Crippen LogP contribution is 2.34. The molecule has 0 aliphatic rings. The maximum Gasteiger partial charge on any atom is 0.164 e. The largest absolute Gasteiger partial charge is 0.383 e. The average molecular weight is 456 g/mol. The van der Waals surface area contributed by atoms with Crippen LogP contribution in [0.5, 0.6) is 0 Å². The van der Waals surface area contributed by atoms with Crippen LogP contribution in [0, 0.1) is 0 Å². The topological polar surface area (TPSA) is 118 Å². The van der Waals surface area contributed by atoms with Crippen molar-refractivity contribution in [1.29, 1.82) is 0 Å². The van der Waals surface area contributed by atoms with Crippen molar-refractivity contribution in [2.45, 2.75) is 39.0 Å². The predicted molar refractivity (Wildman–Crippen MR) is 135 cm³/mol. The van der Waals surface area contributed by atoms with Gasteiger partial charge in [0.1, 0.15) is 24.1 Å². The average Bonchev–Trinajstić information content (AvgIpc) is 3.42. The number of benzene rings is 2. The van der Waals surface area contributed by atoms with Crippen LogP contribution in [0.3, 0.4) is 0 Å². The quantitative estimate of drug-likeness (QED) is 0.286. The molecule has 0 amide bonds. The van der Waals surface area contributed by atoms with E-state index in [0.29, 0.717) is 23.7 Å². The Balaban J connectivity index is 1.44. The highest BCUT2D eigenvalue weighted by Gasteiger charge is 2.24. The Morgan fingerprint density at radius 2 is 1.88 bits per heavy atom. The van der Waals surface area contributed by atoms with E-state index >= 15 is 0 Å². The van der Waals surface area contributed by atoms with E-state index in [1.807, 2.05) is 47.1 Å². The predicted octanol–water partition coefficient (Wildman–Crippen LogP) is 4.14. The van der Waals surface area contributed by atoms with E-state index < -0.39 is 6.23 Å². The number of aliphatic hydroxyl groups is 1. The molecular formula is C26H29N7O. The van der Waals surface area contributed by atoms with Gasteiger partial charge < -0.3 is 15.8 Å². The van der Waals surface area contributed by atoms with Crippen LogP contribution in [0.25, 0.3) is 33.2 Å². The fraction of sp³-hybridized carbons (Fsp3) is 0.269. The van der Waals surface area contributed by atoms with Gasteiger partial charge in [0.05, 0.1) is 16.6 Å². The second kappa shape index (κ2) is 8.55. The molecule has 1 unspecified atom stereocenters. The first kappa shape index (κ1) is 22.1. The molecule has 5 aromatic rings. The summed E-state index contributed by atoms with van der Waals surface area (Å²) >= 11 is 0. The Morgan fingerprint density at radius 3 is 2.65 bits per heavy atom. The van der Waals surface area contributed by atoms with Gasteiger partial charge in [0, 0.05) is 17.6 Å². The first-order valence-electron chi connectivity index (χ1n) is 11.4. The Labute approximate surface area is 197 Å². The molecule has 0 bridgehead atoms. The minimum absolute atomic E-state index is 0.267. The monoisotopic (exact) mass is 455 g/mol. The summed E-state index contributed by atoms with van der Waals surface area (Å²) in [6.45, 7) is 6.90. The summed E-state index contributed by atoms with van der Waals surface area (Å²) in [5.41, 5.74) is 11.2. The molecule has 174 valence electrons. The van der Waals surface area contributed by atoms with Crippen molar-refractivity contribution in [3.63, 3.8) is 0 Å². The van der Waals surface area contributed by atoms with Gasteiger partial charge in [0.25, 0.3) is 0 Å². The van der Waals surface area contributed by atoms with Crippen LogP contribution in [-0.4, -0.2) is 36.4 Å². The van der Waals surface area contributed by atoms with E-state index in [9.17, 15) is 5.11 Å². The third-order valence-electron chi connectivity index (χ3n) is 5.93. The van der Waals surface area contributed by atoms with Gasteiger partial charge in [-0.2, -0.15) is 5.10 Å². The number of nitrogen functional groups attached to an aromatic ring is 1. The van der Waals surface area contributed by atoms with Gasteiger partial charge >= 0.3 is 0 Å². The zero-order valence-corrected chi connectivity index (χ0v) is 19.6. The summed E-state index contributed by atoms with van der Waals surface area (Å²) < 4.78 is 1.89. The molecule has 0 aliphatic heterocycles. The minimum atomic E-state index is -0.787. The van der Waals surface area contributed by atoms with E-state index in [-0.39, 0.29) is 5.54 Å². The molecule has 0 aliphatic carbocycles. The first-order valence-corrected chi connectivity index (χ1v) is 11.4. The lowest BCUT2D eigenvalue weighted by atomic mass is 10.1. The van der Waals surface area contributed by atoms with Crippen LogP contribution in [0.4, 0.5) is 5.82 Å². The lowest BCUT2D eigenvalue weighted by molar-refractivity contribution is 0.136. The molecule has 0 fully saturated rings. The van der Waals surface area contributed by atoms with Gasteiger partial charge in [0.15, 0.2) is 5.65 Å². The molecule has 2 aromatic carbocycles. The summed E-state index contributed by atoms with van der Waals surface area (Å²) in [4.78, 5) is 12.0. The smallest absolute Gasteiger partial charge is 0.164 e. The Hall–Kier alpha value is -3.75. The summed E-state index contributed by atoms with van der Waals surface area (Å²) in [5.74, 6) is 0.404.